The fourth-order valence-electron chi connectivity index (χ4n) is 0.900. The number of hydrogen-bond acceptors (Lipinski definition) is 4. The van der Waals surface area contributed by atoms with Crippen molar-refractivity contribution in [1.82, 2.24) is 9.55 Å². The van der Waals surface area contributed by atoms with E-state index in [0.29, 0.717) is 19.2 Å². The Morgan fingerprint density at radius 3 is 2.92 bits per heavy atom. The monoisotopic (exact) mass is 185 g/mol. The molecule has 0 saturated heterocycles. The Morgan fingerprint density at radius 2 is 2.46 bits per heavy atom. The van der Waals surface area contributed by atoms with Gasteiger partial charge in [0.05, 0.1) is 0 Å². The van der Waals surface area contributed by atoms with Crippen molar-refractivity contribution in [2.75, 3.05) is 6.61 Å². The summed E-state index contributed by atoms with van der Waals surface area (Å²) in [5, 5.41) is 10.3. The Hall–Kier alpha value is -1.43. The van der Waals surface area contributed by atoms with Gasteiger partial charge < -0.3 is 14.9 Å². The van der Waals surface area contributed by atoms with Crippen LogP contribution in [-0.2, 0) is 11.5 Å². The van der Waals surface area contributed by atoms with E-state index < -0.39 is 4.92 Å². The fraction of sp³-hybridized carbons (Fsp3) is 0.571. The smallest absolute Gasteiger partial charge is 0.361 e. The van der Waals surface area contributed by atoms with Crippen LogP contribution < -0.4 is 0 Å². The molecule has 0 saturated carbocycles. The van der Waals surface area contributed by atoms with Crippen LogP contribution in [0.4, 0.5) is 5.82 Å². The third kappa shape index (κ3) is 2.25. The minimum Gasteiger partial charge on any atom is -0.361 e. The molecule has 0 aliphatic rings. The lowest BCUT2D eigenvalue weighted by Crippen LogP contribution is -2.02. The van der Waals surface area contributed by atoms with Crippen LogP contribution in [0, 0.1) is 17.0 Å². The summed E-state index contributed by atoms with van der Waals surface area (Å²) < 4.78 is 6.69. The summed E-state index contributed by atoms with van der Waals surface area (Å²) in [7, 11) is 0. The molecule has 0 atom stereocenters. The predicted molar refractivity (Wildman–Crippen MR) is 45.2 cm³/mol. The molecule has 6 heteroatoms. The van der Waals surface area contributed by atoms with Crippen molar-refractivity contribution in [3.8, 4) is 0 Å². The highest BCUT2D eigenvalue weighted by Gasteiger charge is 2.14. The third-order valence-corrected chi connectivity index (χ3v) is 1.58. The van der Waals surface area contributed by atoms with Gasteiger partial charge in [0.2, 0.25) is 5.82 Å². The Kier molecular flexibility index (Phi) is 2.97. The van der Waals surface area contributed by atoms with E-state index in [9.17, 15) is 10.1 Å². The third-order valence-electron chi connectivity index (χ3n) is 1.58. The molecule has 0 unspecified atom stereocenters. The maximum Gasteiger partial charge on any atom is 0.381 e. The molecule has 0 radical (unpaired) electrons. The van der Waals surface area contributed by atoms with E-state index in [1.807, 2.05) is 6.92 Å². The lowest BCUT2D eigenvalue weighted by atomic mass is 10.7. The van der Waals surface area contributed by atoms with Gasteiger partial charge in [0.25, 0.3) is 0 Å². The van der Waals surface area contributed by atoms with Gasteiger partial charge in [-0.3, -0.25) is 4.57 Å². The van der Waals surface area contributed by atoms with Gasteiger partial charge in [0.15, 0.2) is 0 Å². The first-order valence-corrected chi connectivity index (χ1v) is 3.91. The number of nitro groups is 1. The van der Waals surface area contributed by atoms with Crippen LogP contribution in [-0.4, -0.2) is 21.1 Å². The molecule has 0 fully saturated rings. The van der Waals surface area contributed by atoms with Crippen molar-refractivity contribution in [3.05, 3.63) is 22.1 Å². The highest BCUT2D eigenvalue weighted by atomic mass is 16.6. The standard InChI is InChI=1S/C7H11N3O3/c1-3-13-5-9-4-7(10(11)12)8-6(9)2/h4H,3,5H2,1-2H3. The quantitative estimate of drug-likeness (QED) is 0.520. The highest BCUT2D eigenvalue weighted by molar-refractivity contribution is 5.16. The first kappa shape index (κ1) is 9.66. The van der Waals surface area contributed by atoms with Crippen LogP contribution in [0.25, 0.3) is 0 Å². The van der Waals surface area contributed by atoms with Crippen molar-refractivity contribution in [1.29, 1.82) is 0 Å². The first-order valence-electron chi connectivity index (χ1n) is 3.91. The molecule has 72 valence electrons. The molecule has 13 heavy (non-hydrogen) atoms. The lowest BCUT2D eigenvalue weighted by molar-refractivity contribution is -0.389. The summed E-state index contributed by atoms with van der Waals surface area (Å²) in [4.78, 5) is 13.6. The molecule has 0 spiro atoms. The van der Waals surface area contributed by atoms with Crippen LogP contribution in [0.15, 0.2) is 6.20 Å². The minimum absolute atomic E-state index is 0.141. The Balaban J connectivity index is 2.77. The highest BCUT2D eigenvalue weighted by Crippen LogP contribution is 2.09. The van der Waals surface area contributed by atoms with Gasteiger partial charge in [-0.15, -0.1) is 0 Å². The van der Waals surface area contributed by atoms with E-state index in [-0.39, 0.29) is 5.82 Å². The minimum atomic E-state index is -0.518. The maximum absolute atomic E-state index is 10.3. The summed E-state index contributed by atoms with van der Waals surface area (Å²) in [6.45, 7) is 4.45. The molecule has 1 rings (SSSR count). The number of aromatic nitrogens is 2. The van der Waals surface area contributed by atoms with E-state index in [1.54, 1.807) is 11.5 Å². The molecule has 1 heterocycles. The lowest BCUT2D eigenvalue weighted by Gasteiger charge is -2.00. The van der Waals surface area contributed by atoms with Crippen LogP contribution in [0.1, 0.15) is 12.7 Å². The number of nitrogens with zero attached hydrogens (tertiary/aromatic N) is 3. The Morgan fingerprint density at radius 1 is 1.77 bits per heavy atom. The molecular formula is C7H11N3O3. The van der Waals surface area contributed by atoms with Gasteiger partial charge in [-0.2, -0.15) is 0 Å². The molecule has 0 amide bonds. The number of aryl methyl sites for hydroxylation is 1. The number of hydrogen-bond donors (Lipinski definition) is 0. The van der Waals surface area contributed by atoms with Crippen molar-refractivity contribution < 1.29 is 9.66 Å². The molecule has 0 aromatic carbocycles. The van der Waals surface area contributed by atoms with Crippen LogP contribution in [0.3, 0.4) is 0 Å². The number of ether oxygens (including phenoxy) is 1. The summed E-state index contributed by atoms with van der Waals surface area (Å²) in [6.07, 6.45) is 1.37. The fourth-order valence-corrected chi connectivity index (χ4v) is 0.900. The van der Waals surface area contributed by atoms with E-state index in [0.717, 1.165) is 0 Å². The largest absolute Gasteiger partial charge is 0.381 e. The van der Waals surface area contributed by atoms with E-state index in [1.165, 1.54) is 6.20 Å². The first-order chi connectivity index (χ1) is 6.15. The van der Waals surface area contributed by atoms with Crippen LogP contribution in [0.2, 0.25) is 0 Å². The molecule has 1 aromatic rings. The molecule has 1 aromatic heterocycles. The van der Waals surface area contributed by atoms with E-state index in [2.05, 4.69) is 4.98 Å². The molecule has 6 nitrogen and oxygen atoms in total. The van der Waals surface area contributed by atoms with Crippen LogP contribution >= 0.6 is 0 Å². The predicted octanol–water partition coefficient (Wildman–Crippen LogP) is 1.09. The second-order valence-corrected chi connectivity index (χ2v) is 2.50. The topological polar surface area (TPSA) is 70.2 Å². The summed E-state index contributed by atoms with van der Waals surface area (Å²) >= 11 is 0. The van der Waals surface area contributed by atoms with Gasteiger partial charge in [0, 0.05) is 13.5 Å². The van der Waals surface area contributed by atoms with Gasteiger partial charge in [0.1, 0.15) is 12.9 Å². The van der Waals surface area contributed by atoms with Crippen molar-refractivity contribution in [2.24, 2.45) is 0 Å². The summed E-state index contributed by atoms with van der Waals surface area (Å²) in [5.74, 6) is 0.442. The van der Waals surface area contributed by atoms with Gasteiger partial charge >= 0.3 is 5.82 Å². The second kappa shape index (κ2) is 3.99. The van der Waals surface area contributed by atoms with Gasteiger partial charge in [-0.05, 0) is 16.8 Å². The van der Waals surface area contributed by atoms with E-state index in [4.69, 9.17) is 4.74 Å². The Bertz CT molecular complexity index is 308. The summed E-state index contributed by atoms with van der Waals surface area (Å²) in [5.41, 5.74) is 0. The van der Waals surface area contributed by atoms with Crippen molar-refractivity contribution in [3.63, 3.8) is 0 Å². The zero-order chi connectivity index (χ0) is 9.84. The SMILES string of the molecule is CCOCn1cc([N+](=O)[O-])nc1C. The normalized spacial score (nSPS) is 10.3. The molecule has 0 aliphatic heterocycles. The second-order valence-electron chi connectivity index (χ2n) is 2.50. The average Bonchev–Trinajstić information content (AvgIpc) is 2.44. The van der Waals surface area contributed by atoms with Crippen LogP contribution in [0.5, 0.6) is 0 Å². The van der Waals surface area contributed by atoms with Gasteiger partial charge in [-0.1, -0.05) is 0 Å². The maximum atomic E-state index is 10.3. The summed E-state index contributed by atoms with van der Waals surface area (Å²) in [6, 6.07) is 0. The van der Waals surface area contributed by atoms with Gasteiger partial charge in [-0.25, -0.2) is 0 Å². The van der Waals surface area contributed by atoms with Crippen molar-refractivity contribution in [2.45, 2.75) is 20.6 Å². The van der Waals surface area contributed by atoms with E-state index >= 15 is 0 Å². The number of imidazole rings is 1. The zero-order valence-electron chi connectivity index (χ0n) is 7.56. The molecular weight excluding hydrogens is 174 g/mol. The molecule has 0 N–H and O–H groups in total. The number of rotatable bonds is 4. The molecule has 0 aliphatic carbocycles. The van der Waals surface area contributed by atoms with Crippen molar-refractivity contribution >= 4 is 5.82 Å². The molecule has 0 bridgehead atoms. The Labute approximate surface area is 75.3 Å². The zero-order valence-corrected chi connectivity index (χ0v) is 7.56. The average molecular weight is 185 g/mol.